The molecule has 4 heteroatoms. The van der Waals surface area contributed by atoms with Crippen molar-refractivity contribution in [1.82, 2.24) is 4.67 Å². The van der Waals surface area contributed by atoms with Crippen LogP contribution in [0.2, 0.25) is 0 Å². The fourth-order valence-corrected chi connectivity index (χ4v) is 2.19. The summed E-state index contributed by atoms with van der Waals surface area (Å²) in [4.78, 5) is 9.41. The van der Waals surface area contributed by atoms with Gasteiger partial charge in [0.05, 0.1) is 0 Å². The number of nitrogens with zero attached hydrogens (tertiary/aromatic N) is 1. The Morgan fingerprint density at radius 3 is 1.77 bits per heavy atom. The molecule has 0 fully saturated rings. The topological polar surface area (TPSA) is 40.5 Å². The smallest absolute Gasteiger partial charge is 0.266 e. The molecule has 0 bridgehead atoms. The van der Waals surface area contributed by atoms with Gasteiger partial charge in [-0.3, -0.25) is 4.57 Å². The zero-order valence-corrected chi connectivity index (χ0v) is 9.89. The van der Waals surface area contributed by atoms with Crippen molar-refractivity contribution in [2.45, 2.75) is 39.5 Å². The van der Waals surface area contributed by atoms with Crippen molar-refractivity contribution in [3.05, 3.63) is 0 Å². The molecular formula is C9H22NO2P. The van der Waals surface area contributed by atoms with Gasteiger partial charge in [0.2, 0.25) is 0 Å². The van der Waals surface area contributed by atoms with Gasteiger partial charge in [-0.15, -0.1) is 0 Å². The fourth-order valence-electron chi connectivity index (χ4n) is 1.16. The molecule has 0 aliphatic rings. The largest absolute Gasteiger partial charge is 0.333 e. The van der Waals surface area contributed by atoms with Crippen LogP contribution in [-0.2, 0) is 4.57 Å². The standard InChI is InChI=1S/C9H22NO2P/c1-4-6-8-10(9-7-5-2)13(3,11)12/h4-9H2,1-3H3,(H,11,12). The first kappa shape index (κ1) is 13.2. The van der Waals surface area contributed by atoms with Crippen LogP contribution in [-0.4, -0.2) is 29.3 Å². The van der Waals surface area contributed by atoms with E-state index in [9.17, 15) is 9.46 Å². The van der Waals surface area contributed by atoms with Gasteiger partial charge < -0.3 is 4.89 Å². The summed E-state index contributed by atoms with van der Waals surface area (Å²) < 4.78 is 13.1. The predicted octanol–water partition coefficient (Wildman–Crippen LogP) is 2.70. The van der Waals surface area contributed by atoms with Gasteiger partial charge in [-0.05, 0) is 12.8 Å². The highest BCUT2D eigenvalue weighted by Crippen LogP contribution is 2.40. The van der Waals surface area contributed by atoms with Crippen LogP contribution >= 0.6 is 7.52 Å². The van der Waals surface area contributed by atoms with E-state index in [-0.39, 0.29) is 0 Å². The minimum Gasteiger partial charge on any atom is -0.333 e. The second-order valence-corrected chi connectivity index (χ2v) is 5.73. The lowest BCUT2D eigenvalue weighted by Gasteiger charge is -2.24. The number of unbranched alkanes of at least 4 members (excludes halogenated alkanes) is 2. The molecule has 80 valence electrons. The Balaban J connectivity index is 3.96. The predicted molar refractivity (Wildman–Crippen MR) is 57.1 cm³/mol. The van der Waals surface area contributed by atoms with Gasteiger partial charge in [-0.25, -0.2) is 4.67 Å². The van der Waals surface area contributed by atoms with E-state index >= 15 is 0 Å². The maximum atomic E-state index is 11.4. The molecule has 1 unspecified atom stereocenters. The first-order chi connectivity index (χ1) is 6.02. The molecule has 0 rings (SSSR count). The van der Waals surface area contributed by atoms with E-state index < -0.39 is 7.52 Å². The van der Waals surface area contributed by atoms with Crippen molar-refractivity contribution in [2.75, 3.05) is 19.8 Å². The first-order valence-corrected chi connectivity index (χ1v) is 7.14. The van der Waals surface area contributed by atoms with E-state index in [2.05, 4.69) is 13.8 Å². The Morgan fingerprint density at radius 1 is 1.15 bits per heavy atom. The second-order valence-electron chi connectivity index (χ2n) is 3.50. The van der Waals surface area contributed by atoms with Crippen LogP contribution in [0.4, 0.5) is 0 Å². The van der Waals surface area contributed by atoms with Crippen LogP contribution in [0.25, 0.3) is 0 Å². The van der Waals surface area contributed by atoms with Crippen molar-refractivity contribution in [1.29, 1.82) is 0 Å². The quantitative estimate of drug-likeness (QED) is 0.652. The van der Waals surface area contributed by atoms with Crippen molar-refractivity contribution in [3.63, 3.8) is 0 Å². The Bertz CT molecular complexity index is 159. The minimum atomic E-state index is -3.00. The van der Waals surface area contributed by atoms with Gasteiger partial charge in [-0.2, -0.15) is 0 Å². The molecule has 1 N–H and O–H groups in total. The molecule has 0 radical (unpaired) electrons. The zero-order chi connectivity index (χ0) is 10.3. The van der Waals surface area contributed by atoms with Crippen LogP contribution in [0, 0.1) is 0 Å². The summed E-state index contributed by atoms with van der Waals surface area (Å²) in [5, 5.41) is 0. The molecule has 0 saturated heterocycles. The van der Waals surface area contributed by atoms with Gasteiger partial charge in [0.25, 0.3) is 7.52 Å². The highest BCUT2D eigenvalue weighted by molar-refractivity contribution is 7.54. The Labute approximate surface area is 81.6 Å². The van der Waals surface area contributed by atoms with Gasteiger partial charge >= 0.3 is 0 Å². The number of rotatable bonds is 7. The third-order valence-corrected chi connectivity index (χ3v) is 3.51. The third-order valence-electron chi connectivity index (χ3n) is 2.06. The summed E-state index contributed by atoms with van der Waals surface area (Å²) >= 11 is 0. The number of hydrogen-bond acceptors (Lipinski definition) is 1. The Morgan fingerprint density at radius 2 is 1.54 bits per heavy atom. The maximum absolute atomic E-state index is 11.4. The van der Waals surface area contributed by atoms with Gasteiger partial charge in [0.1, 0.15) is 0 Å². The van der Waals surface area contributed by atoms with Crippen LogP contribution in [0.15, 0.2) is 0 Å². The summed E-state index contributed by atoms with van der Waals surface area (Å²) in [6.45, 7) is 7.12. The van der Waals surface area contributed by atoms with E-state index in [1.165, 1.54) is 6.66 Å². The minimum absolute atomic E-state index is 0.751. The van der Waals surface area contributed by atoms with Gasteiger partial charge in [0.15, 0.2) is 0 Å². The molecule has 0 saturated carbocycles. The van der Waals surface area contributed by atoms with Crippen LogP contribution in [0.3, 0.4) is 0 Å². The lowest BCUT2D eigenvalue weighted by Crippen LogP contribution is -2.22. The Kier molecular flexibility index (Phi) is 6.66. The van der Waals surface area contributed by atoms with E-state index in [0.717, 1.165) is 38.8 Å². The summed E-state index contributed by atoms with van der Waals surface area (Å²) in [5.41, 5.74) is 0. The van der Waals surface area contributed by atoms with Gasteiger partial charge in [0, 0.05) is 19.8 Å². The molecule has 0 aromatic carbocycles. The summed E-state index contributed by atoms with van der Waals surface area (Å²) in [6, 6.07) is 0. The van der Waals surface area contributed by atoms with Crippen LogP contribution in [0.1, 0.15) is 39.5 Å². The van der Waals surface area contributed by atoms with Crippen LogP contribution in [0.5, 0.6) is 0 Å². The van der Waals surface area contributed by atoms with Crippen LogP contribution < -0.4 is 0 Å². The van der Waals surface area contributed by atoms with E-state index in [4.69, 9.17) is 0 Å². The van der Waals surface area contributed by atoms with E-state index in [1.807, 2.05) is 0 Å². The van der Waals surface area contributed by atoms with E-state index in [1.54, 1.807) is 4.67 Å². The van der Waals surface area contributed by atoms with Crippen molar-refractivity contribution >= 4 is 7.52 Å². The zero-order valence-electron chi connectivity index (χ0n) is 8.99. The maximum Gasteiger partial charge on any atom is 0.266 e. The second kappa shape index (κ2) is 6.58. The highest BCUT2D eigenvalue weighted by atomic mass is 31.2. The molecule has 0 aromatic heterocycles. The molecule has 1 atom stereocenters. The number of hydrogen-bond donors (Lipinski definition) is 1. The average molecular weight is 207 g/mol. The summed E-state index contributed by atoms with van der Waals surface area (Å²) in [5.74, 6) is 0. The molecule has 0 amide bonds. The summed E-state index contributed by atoms with van der Waals surface area (Å²) in [6.07, 6.45) is 4.15. The van der Waals surface area contributed by atoms with Crippen molar-refractivity contribution in [3.8, 4) is 0 Å². The van der Waals surface area contributed by atoms with Crippen molar-refractivity contribution < 1.29 is 9.46 Å². The molecule has 3 nitrogen and oxygen atoms in total. The fraction of sp³-hybridized carbons (Fsp3) is 1.00. The molecule has 0 heterocycles. The highest BCUT2D eigenvalue weighted by Gasteiger charge is 2.20. The third kappa shape index (κ3) is 6.25. The SMILES string of the molecule is CCCCN(CCCC)P(C)(=O)O. The molecular weight excluding hydrogens is 185 g/mol. The molecule has 0 aliphatic heterocycles. The normalized spacial score (nSPS) is 16.1. The Hall–Kier alpha value is 0.150. The average Bonchev–Trinajstić information content (AvgIpc) is 2.02. The lowest BCUT2D eigenvalue weighted by molar-refractivity contribution is 0.341. The van der Waals surface area contributed by atoms with Gasteiger partial charge in [-0.1, -0.05) is 26.7 Å². The molecule has 0 aromatic rings. The van der Waals surface area contributed by atoms with Crippen molar-refractivity contribution in [2.24, 2.45) is 0 Å². The molecule has 13 heavy (non-hydrogen) atoms. The van der Waals surface area contributed by atoms with E-state index in [0.29, 0.717) is 0 Å². The lowest BCUT2D eigenvalue weighted by atomic mass is 10.3. The first-order valence-electron chi connectivity index (χ1n) is 5.08. The summed E-state index contributed by atoms with van der Waals surface area (Å²) in [7, 11) is -3.00. The molecule has 0 aliphatic carbocycles. The monoisotopic (exact) mass is 207 g/mol. The molecule has 0 spiro atoms.